The number of rotatable bonds is 7. The smallest absolute Gasteiger partial charge is 0.261 e. The molecule has 23 heavy (non-hydrogen) atoms. The van der Waals surface area contributed by atoms with Gasteiger partial charge in [-0.2, -0.15) is 0 Å². The lowest BCUT2D eigenvalue weighted by Gasteiger charge is -2.19. The zero-order valence-corrected chi connectivity index (χ0v) is 13.9. The molecular weight excluding hydrogens is 310 g/mol. The van der Waals surface area contributed by atoms with Crippen LogP contribution in [0.15, 0.2) is 59.5 Å². The molecule has 0 radical (unpaired) electrons. The van der Waals surface area contributed by atoms with Gasteiger partial charge in [-0.3, -0.25) is 14.2 Å². The van der Waals surface area contributed by atoms with Gasteiger partial charge >= 0.3 is 0 Å². The maximum absolute atomic E-state index is 12.3. The Hall–Kier alpha value is -2.34. The van der Waals surface area contributed by atoms with Crippen molar-refractivity contribution in [1.82, 2.24) is 14.5 Å². The van der Waals surface area contributed by atoms with Crippen molar-refractivity contribution in [2.45, 2.75) is 5.16 Å². The van der Waals surface area contributed by atoms with Gasteiger partial charge in [0.2, 0.25) is 5.91 Å². The van der Waals surface area contributed by atoms with Crippen LogP contribution < -0.4 is 5.56 Å². The van der Waals surface area contributed by atoms with Crippen molar-refractivity contribution in [2.24, 2.45) is 7.05 Å². The van der Waals surface area contributed by atoms with Crippen molar-refractivity contribution in [3.05, 3.63) is 59.9 Å². The van der Waals surface area contributed by atoms with Crippen molar-refractivity contribution in [3.8, 4) is 0 Å². The normalized spacial score (nSPS) is 10.5. The molecule has 0 aliphatic heterocycles. The fraction of sp³-hybridized carbons (Fsp3) is 0.235. The van der Waals surface area contributed by atoms with E-state index < -0.39 is 0 Å². The van der Waals surface area contributed by atoms with Gasteiger partial charge in [0, 0.05) is 20.1 Å². The second kappa shape index (κ2) is 7.78. The molecule has 0 spiro atoms. The van der Waals surface area contributed by atoms with Gasteiger partial charge in [-0.15, -0.1) is 13.2 Å². The molecule has 0 atom stereocenters. The van der Waals surface area contributed by atoms with E-state index in [-0.39, 0.29) is 17.2 Å². The standard InChI is InChI=1S/C17H19N3O2S/c1-4-10-20(11-5-2)15(21)12-23-17-18-14-9-7-6-8-13(14)16(22)19(17)3/h4-9H,1-2,10-12H2,3H3. The second-order valence-electron chi connectivity index (χ2n) is 4.94. The summed E-state index contributed by atoms with van der Waals surface area (Å²) < 4.78 is 1.48. The van der Waals surface area contributed by atoms with Crippen LogP contribution in [-0.2, 0) is 11.8 Å². The number of benzene rings is 1. The lowest BCUT2D eigenvalue weighted by Crippen LogP contribution is -2.33. The van der Waals surface area contributed by atoms with E-state index in [4.69, 9.17) is 0 Å². The van der Waals surface area contributed by atoms with Crippen molar-refractivity contribution in [1.29, 1.82) is 0 Å². The fourth-order valence-electron chi connectivity index (χ4n) is 2.13. The van der Waals surface area contributed by atoms with Crippen LogP contribution in [0.3, 0.4) is 0 Å². The van der Waals surface area contributed by atoms with Crippen LogP contribution >= 0.6 is 11.8 Å². The summed E-state index contributed by atoms with van der Waals surface area (Å²) in [6.07, 6.45) is 3.35. The minimum absolute atomic E-state index is 0.0443. The Kier molecular flexibility index (Phi) is 5.76. The first-order chi connectivity index (χ1) is 11.1. The molecule has 0 bridgehead atoms. The minimum Gasteiger partial charge on any atom is -0.335 e. The molecule has 0 aliphatic rings. The van der Waals surface area contributed by atoms with Crippen LogP contribution in [0.25, 0.3) is 10.9 Å². The molecule has 0 saturated heterocycles. The van der Waals surface area contributed by atoms with Gasteiger partial charge in [0.25, 0.3) is 5.56 Å². The zero-order chi connectivity index (χ0) is 16.8. The number of fused-ring (bicyclic) bond motifs is 1. The van der Waals surface area contributed by atoms with Crippen LogP contribution in [-0.4, -0.2) is 39.2 Å². The molecule has 1 aromatic carbocycles. The maximum atomic E-state index is 12.3. The second-order valence-corrected chi connectivity index (χ2v) is 5.88. The van der Waals surface area contributed by atoms with Gasteiger partial charge in [-0.05, 0) is 12.1 Å². The van der Waals surface area contributed by atoms with E-state index in [1.54, 1.807) is 36.2 Å². The summed E-state index contributed by atoms with van der Waals surface area (Å²) in [6, 6.07) is 7.19. The fourth-order valence-corrected chi connectivity index (χ4v) is 3.01. The third-order valence-electron chi connectivity index (χ3n) is 3.32. The number of para-hydroxylation sites is 1. The van der Waals surface area contributed by atoms with Crippen molar-refractivity contribution in [3.63, 3.8) is 0 Å². The lowest BCUT2D eigenvalue weighted by atomic mass is 10.2. The first-order valence-corrected chi connectivity index (χ1v) is 8.15. The highest BCUT2D eigenvalue weighted by Gasteiger charge is 2.14. The highest BCUT2D eigenvalue weighted by atomic mass is 32.2. The van der Waals surface area contributed by atoms with Crippen LogP contribution in [0, 0.1) is 0 Å². The monoisotopic (exact) mass is 329 g/mol. The summed E-state index contributed by atoms with van der Waals surface area (Å²) in [6.45, 7) is 8.24. The first-order valence-electron chi connectivity index (χ1n) is 7.16. The third-order valence-corrected chi connectivity index (χ3v) is 4.33. The number of nitrogens with zero attached hydrogens (tertiary/aromatic N) is 3. The number of thioether (sulfide) groups is 1. The van der Waals surface area contributed by atoms with E-state index in [0.29, 0.717) is 29.1 Å². The van der Waals surface area contributed by atoms with E-state index in [1.165, 1.54) is 16.3 Å². The number of hydrogen-bond donors (Lipinski definition) is 0. The molecule has 120 valence electrons. The highest BCUT2D eigenvalue weighted by Crippen LogP contribution is 2.17. The summed E-state index contributed by atoms with van der Waals surface area (Å²) in [5.41, 5.74) is 0.527. The van der Waals surface area contributed by atoms with Gasteiger partial charge in [0.1, 0.15) is 0 Å². The van der Waals surface area contributed by atoms with Gasteiger partial charge < -0.3 is 4.90 Å². The number of hydrogen-bond acceptors (Lipinski definition) is 4. The number of carbonyl (C=O) groups is 1. The Balaban J connectivity index is 2.20. The molecule has 0 aliphatic carbocycles. The topological polar surface area (TPSA) is 55.2 Å². The summed E-state index contributed by atoms with van der Waals surface area (Å²) >= 11 is 1.26. The van der Waals surface area contributed by atoms with Gasteiger partial charge in [-0.1, -0.05) is 36.0 Å². The van der Waals surface area contributed by atoms with Gasteiger partial charge in [0.15, 0.2) is 5.16 Å². The third kappa shape index (κ3) is 3.90. The van der Waals surface area contributed by atoms with E-state index in [9.17, 15) is 9.59 Å². The quantitative estimate of drug-likeness (QED) is 0.444. The molecule has 0 unspecified atom stereocenters. The van der Waals surface area contributed by atoms with E-state index in [1.807, 2.05) is 12.1 Å². The molecule has 0 fully saturated rings. The van der Waals surface area contributed by atoms with Gasteiger partial charge in [0.05, 0.1) is 16.7 Å². The number of amides is 1. The van der Waals surface area contributed by atoms with Crippen LogP contribution in [0.1, 0.15) is 0 Å². The number of aromatic nitrogens is 2. The largest absolute Gasteiger partial charge is 0.335 e. The average molecular weight is 329 g/mol. The predicted octanol–water partition coefficient (Wildman–Crippen LogP) is 2.23. The summed E-state index contributed by atoms with van der Waals surface area (Å²) in [5.74, 6) is 0.164. The Bertz CT molecular complexity index is 788. The molecule has 6 heteroatoms. The average Bonchev–Trinajstić information content (AvgIpc) is 2.56. The molecular formula is C17H19N3O2S. The van der Waals surface area contributed by atoms with Gasteiger partial charge in [-0.25, -0.2) is 4.98 Å². The Morgan fingerprint density at radius 2 is 1.96 bits per heavy atom. The molecule has 1 heterocycles. The van der Waals surface area contributed by atoms with Crippen LogP contribution in [0.4, 0.5) is 0 Å². The van der Waals surface area contributed by atoms with Crippen molar-refractivity contribution in [2.75, 3.05) is 18.8 Å². The van der Waals surface area contributed by atoms with Crippen molar-refractivity contribution >= 4 is 28.6 Å². The molecule has 2 rings (SSSR count). The Morgan fingerprint density at radius 1 is 1.30 bits per heavy atom. The van der Waals surface area contributed by atoms with E-state index in [0.717, 1.165) is 0 Å². The summed E-state index contributed by atoms with van der Waals surface area (Å²) in [4.78, 5) is 30.7. The predicted molar refractivity (Wildman–Crippen MR) is 94.7 cm³/mol. The number of carbonyl (C=O) groups excluding carboxylic acids is 1. The van der Waals surface area contributed by atoms with Crippen LogP contribution in [0.5, 0.6) is 0 Å². The SMILES string of the molecule is C=CCN(CC=C)C(=O)CSc1nc2ccccc2c(=O)n1C. The van der Waals surface area contributed by atoms with Crippen LogP contribution in [0.2, 0.25) is 0 Å². The van der Waals surface area contributed by atoms with E-state index in [2.05, 4.69) is 18.1 Å². The summed E-state index contributed by atoms with van der Waals surface area (Å²) in [7, 11) is 1.67. The molecule has 0 saturated carbocycles. The molecule has 0 N–H and O–H groups in total. The minimum atomic E-state index is -0.111. The summed E-state index contributed by atoms with van der Waals surface area (Å²) in [5, 5.41) is 1.10. The zero-order valence-electron chi connectivity index (χ0n) is 13.1. The first kappa shape index (κ1) is 17.0. The maximum Gasteiger partial charge on any atom is 0.261 e. The highest BCUT2D eigenvalue weighted by molar-refractivity contribution is 7.99. The Morgan fingerprint density at radius 3 is 2.61 bits per heavy atom. The molecule has 1 amide bonds. The molecule has 2 aromatic rings. The molecule has 5 nitrogen and oxygen atoms in total. The van der Waals surface area contributed by atoms with E-state index >= 15 is 0 Å². The lowest BCUT2D eigenvalue weighted by molar-refractivity contribution is -0.127. The molecule has 1 aromatic heterocycles. The van der Waals surface area contributed by atoms with Crippen molar-refractivity contribution < 1.29 is 4.79 Å². The Labute approximate surface area is 139 Å².